The van der Waals surface area contributed by atoms with Gasteiger partial charge in [-0.3, -0.25) is 0 Å². The maximum absolute atomic E-state index is 11.1. The average Bonchev–Trinajstić information content (AvgIpc) is 2.67. The molecule has 2 heterocycles. The van der Waals surface area contributed by atoms with Crippen molar-refractivity contribution in [3.8, 4) is 5.95 Å². The Hall–Kier alpha value is -2.23. The van der Waals surface area contributed by atoms with Crippen molar-refractivity contribution < 1.29 is 13.6 Å². The van der Waals surface area contributed by atoms with Crippen LogP contribution in [0.2, 0.25) is 0 Å². The van der Waals surface area contributed by atoms with Crippen LogP contribution >= 0.6 is 0 Å². The summed E-state index contributed by atoms with van der Waals surface area (Å²) in [6.45, 7) is 0. The van der Waals surface area contributed by atoms with Gasteiger partial charge in [0, 0.05) is 29.0 Å². The van der Waals surface area contributed by atoms with E-state index in [2.05, 4.69) is 0 Å². The van der Waals surface area contributed by atoms with E-state index in [0.717, 1.165) is 10.8 Å². The molecule has 0 aliphatic heterocycles. The fraction of sp³-hybridized carbons (Fsp3) is 0.0833. The van der Waals surface area contributed by atoms with Gasteiger partial charge in [-0.2, -0.15) is 0 Å². The lowest BCUT2D eigenvalue weighted by Crippen LogP contribution is -1.93. The number of fused-ring (bicyclic) bond motifs is 2. The van der Waals surface area contributed by atoms with Gasteiger partial charge in [0.2, 0.25) is 0 Å². The van der Waals surface area contributed by atoms with Gasteiger partial charge in [-0.15, -0.1) is 0 Å². The standard InChI is InChI=1S/C12H8O4/c1-14-12-5-8-4-7-2-3-11(13)15-9(7)6-10(8)16-12/h2-6H,1H3. The predicted octanol–water partition coefficient (Wildman–Crippen LogP) is 2.55. The molecular formula is C12H8O4. The minimum atomic E-state index is -0.370. The molecule has 1 aromatic carbocycles. The summed E-state index contributed by atoms with van der Waals surface area (Å²) in [5, 5.41) is 1.77. The van der Waals surface area contributed by atoms with Gasteiger partial charge in [-0.25, -0.2) is 4.79 Å². The monoisotopic (exact) mass is 216 g/mol. The Balaban J connectivity index is 2.41. The maximum Gasteiger partial charge on any atom is 0.336 e. The number of hydrogen-bond donors (Lipinski definition) is 0. The Kier molecular flexibility index (Phi) is 1.77. The van der Waals surface area contributed by atoms with Crippen LogP contribution in [0, 0.1) is 0 Å². The highest BCUT2D eigenvalue weighted by atomic mass is 16.6. The first kappa shape index (κ1) is 9.03. The minimum Gasteiger partial charge on any atom is -0.468 e. The highest BCUT2D eigenvalue weighted by molar-refractivity contribution is 5.93. The van der Waals surface area contributed by atoms with Crippen LogP contribution in [0.5, 0.6) is 5.95 Å². The molecule has 0 aliphatic carbocycles. The molecule has 0 amide bonds. The van der Waals surface area contributed by atoms with Gasteiger partial charge in [-0.1, -0.05) is 0 Å². The van der Waals surface area contributed by atoms with E-state index in [1.807, 2.05) is 6.07 Å². The molecule has 16 heavy (non-hydrogen) atoms. The SMILES string of the molecule is COc1cc2cc3ccc(=O)oc3cc2o1. The predicted molar refractivity (Wildman–Crippen MR) is 58.8 cm³/mol. The van der Waals surface area contributed by atoms with E-state index in [4.69, 9.17) is 13.6 Å². The molecule has 0 radical (unpaired) electrons. The largest absolute Gasteiger partial charge is 0.468 e. The van der Waals surface area contributed by atoms with Gasteiger partial charge in [-0.05, 0) is 12.1 Å². The van der Waals surface area contributed by atoms with Crippen LogP contribution in [-0.2, 0) is 0 Å². The van der Waals surface area contributed by atoms with Crippen molar-refractivity contribution in [2.24, 2.45) is 0 Å². The Morgan fingerprint density at radius 1 is 1.00 bits per heavy atom. The minimum absolute atomic E-state index is 0.370. The molecule has 0 spiro atoms. The van der Waals surface area contributed by atoms with Crippen LogP contribution in [0.25, 0.3) is 21.9 Å². The van der Waals surface area contributed by atoms with Crippen LogP contribution in [-0.4, -0.2) is 7.11 Å². The molecule has 0 unspecified atom stereocenters. The number of ether oxygens (including phenoxy) is 1. The van der Waals surface area contributed by atoms with Crippen LogP contribution in [0.3, 0.4) is 0 Å². The van der Waals surface area contributed by atoms with E-state index in [-0.39, 0.29) is 5.63 Å². The molecule has 80 valence electrons. The highest BCUT2D eigenvalue weighted by Crippen LogP contribution is 2.28. The maximum atomic E-state index is 11.1. The summed E-state index contributed by atoms with van der Waals surface area (Å²) in [6.07, 6.45) is 0. The second kappa shape index (κ2) is 3.13. The molecule has 0 N–H and O–H groups in total. The molecule has 0 saturated heterocycles. The molecule has 3 aromatic rings. The van der Waals surface area contributed by atoms with Gasteiger partial charge < -0.3 is 13.6 Å². The van der Waals surface area contributed by atoms with Gasteiger partial charge in [0.15, 0.2) is 0 Å². The third-order valence-corrected chi connectivity index (χ3v) is 2.44. The van der Waals surface area contributed by atoms with Crippen molar-refractivity contribution in [2.75, 3.05) is 7.11 Å². The summed E-state index contributed by atoms with van der Waals surface area (Å²) in [4.78, 5) is 11.1. The first-order valence-corrected chi connectivity index (χ1v) is 4.78. The average molecular weight is 216 g/mol. The Bertz CT molecular complexity index is 721. The van der Waals surface area contributed by atoms with Gasteiger partial charge in [0.05, 0.1) is 7.11 Å². The number of methoxy groups -OCH3 is 1. The quantitative estimate of drug-likeness (QED) is 0.586. The van der Waals surface area contributed by atoms with Crippen molar-refractivity contribution in [1.82, 2.24) is 0 Å². The number of benzene rings is 1. The van der Waals surface area contributed by atoms with Crippen LogP contribution in [0.1, 0.15) is 0 Å². The summed E-state index contributed by atoms with van der Waals surface area (Å²) in [5.74, 6) is 0.438. The lowest BCUT2D eigenvalue weighted by Gasteiger charge is -1.94. The topological polar surface area (TPSA) is 52.6 Å². The van der Waals surface area contributed by atoms with Crippen LogP contribution in [0.15, 0.2) is 44.0 Å². The molecule has 0 bridgehead atoms. The van der Waals surface area contributed by atoms with E-state index in [1.165, 1.54) is 13.2 Å². The second-order valence-electron chi connectivity index (χ2n) is 3.45. The van der Waals surface area contributed by atoms with E-state index in [0.29, 0.717) is 17.1 Å². The zero-order valence-corrected chi connectivity index (χ0v) is 8.52. The lowest BCUT2D eigenvalue weighted by molar-refractivity contribution is 0.315. The summed E-state index contributed by atoms with van der Waals surface area (Å²) in [5.41, 5.74) is 0.779. The third-order valence-electron chi connectivity index (χ3n) is 2.44. The van der Waals surface area contributed by atoms with E-state index >= 15 is 0 Å². The van der Waals surface area contributed by atoms with Crippen molar-refractivity contribution in [3.05, 3.63) is 40.8 Å². The molecule has 0 aliphatic rings. The van der Waals surface area contributed by atoms with Gasteiger partial charge >= 0.3 is 5.63 Å². The summed E-state index contributed by atoms with van der Waals surface area (Å²) < 4.78 is 15.4. The van der Waals surface area contributed by atoms with Gasteiger partial charge in [0.25, 0.3) is 5.95 Å². The summed E-state index contributed by atoms with van der Waals surface area (Å²) in [7, 11) is 1.54. The fourth-order valence-electron chi connectivity index (χ4n) is 1.68. The lowest BCUT2D eigenvalue weighted by atomic mass is 10.2. The van der Waals surface area contributed by atoms with E-state index in [1.54, 1.807) is 18.2 Å². The Morgan fingerprint density at radius 3 is 2.62 bits per heavy atom. The molecule has 0 fully saturated rings. The zero-order valence-electron chi connectivity index (χ0n) is 8.52. The van der Waals surface area contributed by atoms with Crippen molar-refractivity contribution in [3.63, 3.8) is 0 Å². The van der Waals surface area contributed by atoms with Crippen LogP contribution in [0.4, 0.5) is 0 Å². The number of furan rings is 1. The molecule has 3 rings (SSSR count). The van der Waals surface area contributed by atoms with Crippen LogP contribution < -0.4 is 10.4 Å². The fourth-order valence-corrected chi connectivity index (χ4v) is 1.68. The molecule has 0 atom stereocenters. The molecule has 4 heteroatoms. The summed E-state index contributed by atoms with van der Waals surface area (Å²) in [6, 6.07) is 8.49. The Morgan fingerprint density at radius 2 is 1.81 bits per heavy atom. The van der Waals surface area contributed by atoms with Crippen molar-refractivity contribution >= 4 is 21.9 Å². The normalized spacial score (nSPS) is 11.1. The zero-order chi connectivity index (χ0) is 11.1. The molecule has 4 nitrogen and oxygen atoms in total. The molecular weight excluding hydrogens is 208 g/mol. The highest BCUT2D eigenvalue weighted by Gasteiger charge is 2.06. The van der Waals surface area contributed by atoms with E-state index in [9.17, 15) is 4.79 Å². The molecule has 2 aromatic heterocycles. The van der Waals surface area contributed by atoms with E-state index < -0.39 is 0 Å². The van der Waals surface area contributed by atoms with Gasteiger partial charge in [0.1, 0.15) is 11.2 Å². The number of hydrogen-bond acceptors (Lipinski definition) is 4. The summed E-state index contributed by atoms with van der Waals surface area (Å²) >= 11 is 0. The smallest absolute Gasteiger partial charge is 0.336 e. The third kappa shape index (κ3) is 1.27. The number of rotatable bonds is 1. The molecule has 0 saturated carbocycles. The van der Waals surface area contributed by atoms with Crippen molar-refractivity contribution in [1.29, 1.82) is 0 Å². The first-order chi connectivity index (χ1) is 7.76. The second-order valence-corrected chi connectivity index (χ2v) is 3.45. The van der Waals surface area contributed by atoms with Crippen molar-refractivity contribution in [2.45, 2.75) is 0 Å². The Labute approximate surface area is 90.0 Å². The first-order valence-electron chi connectivity index (χ1n) is 4.78.